The van der Waals surface area contributed by atoms with E-state index in [1.165, 1.54) is 14.0 Å². The lowest BCUT2D eigenvalue weighted by atomic mass is 9.98. The number of fused-ring (bicyclic) bond motifs is 5. The molecule has 63 heavy (non-hydrogen) atoms. The van der Waals surface area contributed by atoms with Crippen molar-refractivity contribution in [1.29, 1.82) is 0 Å². The first-order valence-electron chi connectivity index (χ1n) is 20.3. The molecular formula is C39H53N9O14S. The molecule has 0 saturated carbocycles. The van der Waals surface area contributed by atoms with Crippen LogP contribution in [-0.2, 0) is 60.4 Å². The number of benzene rings is 1. The number of hydrogen-bond donors (Lipinski definition) is 11. The molecule has 344 valence electrons. The fourth-order valence-electron chi connectivity index (χ4n) is 7.54. The third-order valence-corrected chi connectivity index (χ3v) is 12.7. The summed E-state index contributed by atoms with van der Waals surface area (Å²) < 4.78 is 20.0. The van der Waals surface area contributed by atoms with Crippen molar-refractivity contribution < 1.29 is 67.4 Å². The molecule has 3 aliphatic heterocycles. The van der Waals surface area contributed by atoms with Crippen LogP contribution >= 0.6 is 0 Å². The summed E-state index contributed by atoms with van der Waals surface area (Å²) in [5, 5.41) is 48.1. The number of nitrogens with one attached hydrogen (secondary N) is 8. The molecule has 4 heterocycles. The fourth-order valence-corrected chi connectivity index (χ4v) is 8.94. The largest absolute Gasteiger partial charge is 0.497 e. The normalized spacial score (nSPS) is 28.2. The van der Waals surface area contributed by atoms with Crippen molar-refractivity contribution in [2.75, 3.05) is 39.1 Å². The van der Waals surface area contributed by atoms with E-state index in [0.717, 1.165) is 4.90 Å². The van der Waals surface area contributed by atoms with Crippen LogP contribution in [0.5, 0.6) is 5.75 Å². The molecule has 0 aliphatic carbocycles. The second-order valence-electron chi connectivity index (χ2n) is 15.8. The van der Waals surface area contributed by atoms with Crippen LogP contribution in [0.3, 0.4) is 0 Å². The molecule has 11 N–H and O–H groups in total. The van der Waals surface area contributed by atoms with Crippen LogP contribution < -0.4 is 42.0 Å². The number of rotatable bonds is 7. The Morgan fingerprint density at radius 2 is 1.52 bits per heavy atom. The minimum absolute atomic E-state index is 0.0948. The van der Waals surface area contributed by atoms with Gasteiger partial charge in [0.2, 0.25) is 47.3 Å². The molecule has 5 rings (SSSR count). The molecule has 10 unspecified atom stereocenters. The second kappa shape index (κ2) is 20.8. The van der Waals surface area contributed by atoms with Gasteiger partial charge in [-0.05, 0) is 23.6 Å². The van der Waals surface area contributed by atoms with E-state index in [0.29, 0.717) is 23.1 Å². The van der Waals surface area contributed by atoms with Gasteiger partial charge in [0.05, 0.1) is 54.8 Å². The first-order chi connectivity index (χ1) is 29.8. The summed E-state index contributed by atoms with van der Waals surface area (Å²) in [7, 11) is -0.930. The zero-order valence-corrected chi connectivity index (χ0v) is 35.8. The predicted octanol–water partition coefficient (Wildman–Crippen LogP) is -4.38. The lowest BCUT2D eigenvalue weighted by Crippen LogP contribution is -2.61. The first-order valence-corrected chi connectivity index (χ1v) is 21.6. The zero-order valence-electron chi connectivity index (χ0n) is 35.0. The molecule has 2 aromatic rings. The van der Waals surface area contributed by atoms with E-state index in [-0.39, 0.29) is 17.0 Å². The summed E-state index contributed by atoms with van der Waals surface area (Å²) in [6, 6.07) is -4.99. The van der Waals surface area contributed by atoms with E-state index >= 15 is 0 Å². The number of ether oxygens (including phenoxy) is 1. The molecule has 10 atom stereocenters. The van der Waals surface area contributed by atoms with Gasteiger partial charge in [-0.2, -0.15) is 0 Å². The molecule has 1 fully saturated rings. The van der Waals surface area contributed by atoms with E-state index in [1.54, 1.807) is 32.0 Å². The SMILES string of the molecule is CCC(C)C1NC(=O)CNC(=O)C2Cc3c([nH]c4cc(OC)ccc34)S(=O)CC(NC(=O)CNC1=O)C(=O)NC(CC(=O)O)C(=O)N1CC(O)CC1C(=O)NC(C(C)CO)C(=O)N2. The molecule has 0 radical (unpaired) electrons. The lowest BCUT2D eigenvalue weighted by Gasteiger charge is -2.31. The molecule has 1 saturated heterocycles. The van der Waals surface area contributed by atoms with Gasteiger partial charge in [-0.15, -0.1) is 0 Å². The Labute approximate surface area is 363 Å². The van der Waals surface area contributed by atoms with Crippen LogP contribution in [0, 0.1) is 11.8 Å². The van der Waals surface area contributed by atoms with E-state index < -0.39 is 163 Å². The second-order valence-corrected chi connectivity index (χ2v) is 17.2. The van der Waals surface area contributed by atoms with Crippen LogP contribution in [-0.4, -0.2) is 164 Å². The van der Waals surface area contributed by atoms with Gasteiger partial charge in [0, 0.05) is 43.4 Å². The highest BCUT2D eigenvalue weighted by Gasteiger charge is 2.44. The number of aliphatic carboxylic acids is 1. The van der Waals surface area contributed by atoms with Crippen molar-refractivity contribution in [3.05, 3.63) is 23.8 Å². The van der Waals surface area contributed by atoms with Crippen molar-refractivity contribution in [1.82, 2.24) is 47.1 Å². The summed E-state index contributed by atoms with van der Waals surface area (Å²) >= 11 is 0. The maximum Gasteiger partial charge on any atom is 0.305 e. The van der Waals surface area contributed by atoms with Gasteiger partial charge in [-0.3, -0.25) is 47.4 Å². The van der Waals surface area contributed by atoms with Crippen molar-refractivity contribution in [2.24, 2.45) is 11.8 Å². The van der Waals surface area contributed by atoms with Gasteiger partial charge in [0.15, 0.2) is 0 Å². The number of hydrogen-bond acceptors (Lipinski definition) is 13. The Kier molecular flexibility index (Phi) is 15.8. The zero-order chi connectivity index (χ0) is 46.3. The average Bonchev–Trinajstić information content (AvgIpc) is 3.82. The number of carbonyl (C=O) groups is 9. The Morgan fingerprint density at radius 1 is 0.857 bits per heavy atom. The molecule has 0 spiro atoms. The molecule has 24 heteroatoms. The van der Waals surface area contributed by atoms with Gasteiger partial charge >= 0.3 is 5.97 Å². The molecular weight excluding hydrogens is 851 g/mol. The number of carboxylic acids is 1. The van der Waals surface area contributed by atoms with Crippen LogP contribution in [0.2, 0.25) is 0 Å². The van der Waals surface area contributed by atoms with Crippen LogP contribution in [0.4, 0.5) is 0 Å². The van der Waals surface area contributed by atoms with Gasteiger partial charge < -0.3 is 67.2 Å². The third-order valence-electron chi connectivity index (χ3n) is 11.3. The predicted molar refractivity (Wildman–Crippen MR) is 220 cm³/mol. The quantitative estimate of drug-likeness (QED) is 0.125. The highest BCUT2D eigenvalue weighted by Crippen LogP contribution is 2.30. The topological polar surface area (TPSA) is 344 Å². The van der Waals surface area contributed by atoms with E-state index in [9.17, 15) is 62.7 Å². The van der Waals surface area contributed by atoms with E-state index in [4.69, 9.17) is 4.74 Å². The number of aliphatic hydroxyl groups is 2. The van der Waals surface area contributed by atoms with Gasteiger partial charge in [0.25, 0.3) is 0 Å². The van der Waals surface area contributed by atoms with Crippen molar-refractivity contribution >= 4 is 74.9 Å². The van der Waals surface area contributed by atoms with Crippen molar-refractivity contribution in [3.8, 4) is 5.75 Å². The van der Waals surface area contributed by atoms with Crippen molar-refractivity contribution in [2.45, 2.75) is 93.8 Å². The number of aromatic amines is 1. The number of H-pyrrole nitrogens is 1. The first kappa shape index (κ1) is 47.9. The van der Waals surface area contributed by atoms with Crippen LogP contribution in [0.15, 0.2) is 23.2 Å². The Morgan fingerprint density at radius 3 is 2.17 bits per heavy atom. The van der Waals surface area contributed by atoms with Gasteiger partial charge in [-0.25, -0.2) is 0 Å². The minimum Gasteiger partial charge on any atom is -0.497 e. The Hall–Kier alpha value is -6.14. The van der Waals surface area contributed by atoms with E-state index in [2.05, 4.69) is 42.2 Å². The van der Waals surface area contributed by atoms with Gasteiger partial charge in [0.1, 0.15) is 47.0 Å². The highest BCUT2D eigenvalue weighted by molar-refractivity contribution is 7.85. The number of methoxy groups -OCH3 is 1. The summed E-state index contributed by atoms with van der Waals surface area (Å²) in [5.41, 5.74) is 0.491. The number of amides is 8. The van der Waals surface area contributed by atoms with Gasteiger partial charge in [-0.1, -0.05) is 27.2 Å². The molecule has 1 aromatic carbocycles. The number of carboxylic acid groups (broad SMARTS) is 1. The minimum atomic E-state index is -2.33. The Balaban J connectivity index is 1.73. The number of carbonyl (C=O) groups excluding carboxylic acids is 8. The molecule has 2 bridgehead atoms. The Bertz CT molecular complexity index is 2170. The van der Waals surface area contributed by atoms with E-state index in [1.807, 2.05) is 0 Å². The number of aliphatic hydroxyl groups excluding tert-OH is 2. The summed E-state index contributed by atoms with van der Waals surface area (Å²) in [4.78, 5) is 127. The molecule has 1 aromatic heterocycles. The maximum atomic E-state index is 14.6. The van der Waals surface area contributed by atoms with Crippen LogP contribution in [0.25, 0.3) is 10.9 Å². The lowest BCUT2D eigenvalue weighted by molar-refractivity contribution is -0.146. The monoisotopic (exact) mass is 903 g/mol. The molecule has 23 nitrogen and oxygen atoms in total. The number of nitrogens with zero attached hydrogens (tertiary/aromatic N) is 1. The standard InChI is InChI=1S/C39H53N9O14S/c1-5-17(2)31-36(58)41-12-28(51)42-26-16-63(61)38-22(21-7-6-20(62-4)9-23(21)45-38)10-24(33(55)40-13-29(52)46-31)43-37(59)32(18(3)15-49)47-35(57)27-8-19(50)14-48(27)39(60)25(11-30(53)54)44-34(26)56/h6-7,9,17-19,24-27,31-32,45,49-50H,5,8,10-16H2,1-4H3,(H,40,55)(H,41,58)(H,42,51)(H,43,59)(H,44,56)(H,46,52)(H,47,57)(H,53,54). The summed E-state index contributed by atoms with van der Waals surface area (Å²) in [5.74, 6) is -11.4. The average molecular weight is 904 g/mol. The highest BCUT2D eigenvalue weighted by atomic mass is 32.2. The summed E-state index contributed by atoms with van der Waals surface area (Å²) in [6.07, 6.45) is -2.80. The number of aromatic nitrogens is 1. The summed E-state index contributed by atoms with van der Waals surface area (Å²) in [6.45, 7) is 2.18. The fraction of sp³-hybridized carbons (Fsp3) is 0.564. The van der Waals surface area contributed by atoms with Crippen LogP contribution in [0.1, 0.15) is 45.6 Å². The maximum absolute atomic E-state index is 14.6. The third kappa shape index (κ3) is 11.5. The van der Waals surface area contributed by atoms with Crippen molar-refractivity contribution in [3.63, 3.8) is 0 Å². The molecule has 8 amide bonds. The molecule has 3 aliphatic rings. The smallest absolute Gasteiger partial charge is 0.305 e.